The topological polar surface area (TPSA) is 71.1 Å². The van der Waals surface area contributed by atoms with Gasteiger partial charge in [0.2, 0.25) is 0 Å². The van der Waals surface area contributed by atoms with Crippen molar-refractivity contribution in [1.29, 1.82) is 0 Å². The zero-order chi connectivity index (χ0) is 15.6. The van der Waals surface area contributed by atoms with Gasteiger partial charge in [-0.25, -0.2) is 4.79 Å². The molecule has 6 heteroatoms. The molecule has 2 rings (SSSR count). The number of carbonyl (C=O) groups is 2. The Balaban J connectivity index is 2.10. The molecule has 2 bridgehead atoms. The van der Waals surface area contributed by atoms with Crippen LogP contribution in [0.4, 0.5) is 0 Å². The van der Waals surface area contributed by atoms with Crippen LogP contribution in [0.3, 0.4) is 0 Å². The van der Waals surface area contributed by atoms with E-state index in [1.54, 1.807) is 6.92 Å². The van der Waals surface area contributed by atoms with E-state index in [1.165, 1.54) is 14.2 Å². The van der Waals surface area contributed by atoms with Gasteiger partial charge >= 0.3 is 11.9 Å². The highest BCUT2D eigenvalue weighted by Gasteiger charge is 2.57. The summed E-state index contributed by atoms with van der Waals surface area (Å²) >= 11 is 0. The van der Waals surface area contributed by atoms with E-state index in [9.17, 15) is 9.59 Å². The molecule has 2 fully saturated rings. The first-order valence-electron chi connectivity index (χ1n) is 7.04. The Morgan fingerprint density at radius 3 is 2.48 bits per heavy atom. The molecule has 0 spiro atoms. The Labute approximate surface area is 124 Å². The third-order valence-electron chi connectivity index (χ3n) is 4.33. The minimum Gasteiger partial charge on any atom is -0.469 e. The summed E-state index contributed by atoms with van der Waals surface area (Å²) in [6, 6.07) is 0. The molecule has 0 saturated heterocycles. The van der Waals surface area contributed by atoms with Gasteiger partial charge in [0.15, 0.2) is 0 Å². The highest BCUT2D eigenvalue weighted by atomic mass is 16.7. The number of carbonyl (C=O) groups excluding carboxylic acids is 2. The van der Waals surface area contributed by atoms with Gasteiger partial charge in [-0.3, -0.25) is 4.79 Å². The lowest BCUT2D eigenvalue weighted by Gasteiger charge is -2.33. The van der Waals surface area contributed by atoms with Crippen molar-refractivity contribution in [2.45, 2.75) is 32.0 Å². The van der Waals surface area contributed by atoms with Crippen molar-refractivity contribution < 1.29 is 28.5 Å². The average Bonchev–Trinajstić information content (AvgIpc) is 3.02. The molecule has 2 saturated carbocycles. The van der Waals surface area contributed by atoms with E-state index in [2.05, 4.69) is 6.58 Å². The molecule has 0 aliphatic heterocycles. The first-order chi connectivity index (χ1) is 9.99. The number of hydrogen-bond acceptors (Lipinski definition) is 6. The van der Waals surface area contributed by atoms with Crippen LogP contribution in [0.1, 0.15) is 19.8 Å². The third-order valence-corrected chi connectivity index (χ3v) is 4.33. The smallest absolute Gasteiger partial charge is 0.333 e. The van der Waals surface area contributed by atoms with Crippen molar-refractivity contribution in [2.24, 2.45) is 17.8 Å². The lowest BCUT2D eigenvalue weighted by Crippen LogP contribution is -2.44. The summed E-state index contributed by atoms with van der Waals surface area (Å²) in [5.41, 5.74) is 0.354. The predicted molar refractivity (Wildman–Crippen MR) is 73.2 cm³/mol. The fourth-order valence-electron chi connectivity index (χ4n) is 3.43. The molecule has 6 nitrogen and oxygen atoms in total. The van der Waals surface area contributed by atoms with E-state index in [-0.39, 0.29) is 42.7 Å². The zero-order valence-electron chi connectivity index (χ0n) is 12.7. The van der Waals surface area contributed by atoms with Crippen LogP contribution in [0.15, 0.2) is 12.2 Å². The number of hydrogen-bond donors (Lipinski definition) is 0. The van der Waals surface area contributed by atoms with Gasteiger partial charge in [-0.1, -0.05) is 6.58 Å². The molecule has 5 unspecified atom stereocenters. The SMILES string of the molecule is C=C(C)C(=O)OC1C2CC(C(=O)OC)C(C2)C1OCOC. The maximum Gasteiger partial charge on any atom is 0.333 e. The second-order valence-corrected chi connectivity index (χ2v) is 5.71. The molecule has 0 amide bonds. The molecule has 0 aromatic carbocycles. The maximum atomic E-state index is 11.8. The van der Waals surface area contributed by atoms with Crippen LogP contribution in [0.25, 0.3) is 0 Å². The Morgan fingerprint density at radius 2 is 1.90 bits per heavy atom. The molecule has 0 heterocycles. The van der Waals surface area contributed by atoms with Crippen LogP contribution in [-0.4, -0.2) is 45.2 Å². The van der Waals surface area contributed by atoms with Gasteiger partial charge in [0.1, 0.15) is 19.0 Å². The molecule has 2 aliphatic carbocycles. The number of rotatable bonds is 6. The van der Waals surface area contributed by atoms with Crippen molar-refractivity contribution >= 4 is 11.9 Å². The average molecular weight is 298 g/mol. The Bertz CT molecular complexity index is 432. The Hall–Kier alpha value is -1.40. The molecule has 0 aromatic heterocycles. The van der Waals surface area contributed by atoms with Gasteiger partial charge in [0, 0.05) is 18.6 Å². The zero-order valence-corrected chi connectivity index (χ0v) is 12.7. The van der Waals surface area contributed by atoms with Crippen molar-refractivity contribution in [3.05, 3.63) is 12.2 Å². The van der Waals surface area contributed by atoms with Crippen molar-refractivity contribution in [2.75, 3.05) is 21.0 Å². The predicted octanol–water partition coefficient (Wildman–Crippen LogP) is 1.29. The van der Waals surface area contributed by atoms with Gasteiger partial charge < -0.3 is 18.9 Å². The van der Waals surface area contributed by atoms with E-state index in [1.807, 2.05) is 0 Å². The molecule has 0 radical (unpaired) electrons. The summed E-state index contributed by atoms with van der Waals surface area (Å²) in [6.07, 6.45) is 0.770. The highest BCUT2D eigenvalue weighted by molar-refractivity contribution is 5.87. The molecular weight excluding hydrogens is 276 g/mol. The summed E-state index contributed by atoms with van der Waals surface area (Å²) in [5.74, 6) is -0.724. The van der Waals surface area contributed by atoms with Crippen LogP contribution in [0.2, 0.25) is 0 Å². The van der Waals surface area contributed by atoms with Crippen molar-refractivity contribution in [3.63, 3.8) is 0 Å². The van der Waals surface area contributed by atoms with Gasteiger partial charge in [0.25, 0.3) is 0 Å². The number of fused-ring (bicyclic) bond motifs is 2. The van der Waals surface area contributed by atoms with Crippen molar-refractivity contribution in [3.8, 4) is 0 Å². The van der Waals surface area contributed by atoms with Crippen LogP contribution in [-0.2, 0) is 28.5 Å². The van der Waals surface area contributed by atoms with E-state index < -0.39 is 5.97 Å². The number of ether oxygens (including phenoxy) is 4. The molecule has 5 atom stereocenters. The monoisotopic (exact) mass is 298 g/mol. The summed E-state index contributed by atoms with van der Waals surface area (Å²) in [7, 11) is 2.91. The summed E-state index contributed by atoms with van der Waals surface area (Å²) in [6.45, 7) is 5.30. The van der Waals surface area contributed by atoms with Crippen LogP contribution >= 0.6 is 0 Å². The normalized spacial score (nSPS) is 33.8. The molecule has 2 aliphatic rings. The molecular formula is C15H22O6. The first kappa shape index (κ1) is 16.0. The maximum absolute atomic E-state index is 11.8. The lowest BCUT2D eigenvalue weighted by molar-refractivity contribution is -0.176. The second kappa shape index (κ2) is 6.58. The van der Waals surface area contributed by atoms with Gasteiger partial charge in [-0.05, 0) is 25.7 Å². The minimum atomic E-state index is -0.423. The molecule has 0 N–H and O–H groups in total. The van der Waals surface area contributed by atoms with Gasteiger partial charge in [0.05, 0.1) is 13.0 Å². The van der Waals surface area contributed by atoms with E-state index >= 15 is 0 Å². The quantitative estimate of drug-likeness (QED) is 0.418. The van der Waals surface area contributed by atoms with Crippen LogP contribution in [0.5, 0.6) is 0 Å². The molecule has 118 valence electrons. The van der Waals surface area contributed by atoms with Gasteiger partial charge in [-0.2, -0.15) is 0 Å². The fourth-order valence-corrected chi connectivity index (χ4v) is 3.43. The number of esters is 2. The minimum absolute atomic E-state index is 0.000483. The summed E-state index contributed by atoms with van der Waals surface area (Å²) < 4.78 is 21.0. The highest BCUT2D eigenvalue weighted by Crippen LogP contribution is 2.51. The second-order valence-electron chi connectivity index (χ2n) is 5.71. The fraction of sp³-hybridized carbons (Fsp3) is 0.733. The number of methoxy groups -OCH3 is 2. The molecule has 21 heavy (non-hydrogen) atoms. The van der Waals surface area contributed by atoms with E-state index in [4.69, 9.17) is 18.9 Å². The van der Waals surface area contributed by atoms with E-state index in [0.29, 0.717) is 12.0 Å². The van der Waals surface area contributed by atoms with Crippen LogP contribution in [0, 0.1) is 17.8 Å². The summed E-state index contributed by atoms with van der Waals surface area (Å²) in [5, 5.41) is 0. The van der Waals surface area contributed by atoms with Crippen LogP contribution < -0.4 is 0 Å². The lowest BCUT2D eigenvalue weighted by atomic mass is 9.85. The van der Waals surface area contributed by atoms with E-state index in [0.717, 1.165) is 6.42 Å². The largest absolute Gasteiger partial charge is 0.469 e. The van der Waals surface area contributed by atoms with Gasteiger partial charge in [-0.15, -0.1) is 0 Å². The third kappa shape index (κ3) is 3.11. The van der Waals surface area contributed by atoms with Crippen molar-refractivity contribution in [1.82, 2.24) is 0 Å². The standard InChI is InChI=1S/C15H22O6/c1-8(2)14(16)21-12-9-5-10(13(12)20-7-18-3)11(6-9)15(17)19-4/h9-13H,1,5-7H2,2-4H3. The first-order valence-corrected chi connectivity index (χ1v) is 7.04. The summed E-state index contributed by atoms with van der Waals surface area (Å²) in [4.78, 5) is 23.6. The Kier molecular flexibility index (Phi) is 5.00. The Morgan fingerprint density at radius 1 is 1.19 bits per heavy atom. The molecule has 0 aromatic rings.